The summed E-state index contributed by atoms with van der Waals surface area (Å²) < 4.78 is 4.78. The first-order chi connectivity index (χ1) is 8.56. The number of hydrogen-bond acceptors (Lipinski definition) is 4. The minimum atomic E-state index is -0.598. The molecule has 6 heteroatoms. The van der Waals surface area contributed by atoms with E-state index in [-0.39, 0.29) is 18.1 Å². The normalized spacial score (nSPS) is 12.2. The van der Waals surface area contributed by atoms with E-state index in [4.69, 9.17) is 22.1 Å². The van der Waals surface area contributed by atoms with Gasteiger partial charge < -0.3 is 20.9 Å². The molecule has 0 aliphatic rings. The Kier molecular flexibility index (Phi) is 5.91. The molecular formula is C12H17ClN2O3. The number of nitrogen functional groups attached to an aromatic ring is 1. The standard InChI is InChI=1S/C12H17ClN2O3/c1-18-7-8(16)5-6-15-12(17)11-9(13)3-2-4-10(11)14/h2-4,8,16H,5-7,14H2,1H3,(H,15,17). The van der Waals surface area contributed by atoms with Crippen molar-refractivity contribution in [1.29, 1.82) is 0 Å². The summed E-state index contributed by atoms with van der Waals surface area (Å²) >= 11 is 5.91. The van der Waals surface area contributed by atoms with Crippen LogP contribution in [-0.4, -0.2) is 37.4 Å². The SMILES string of the molecule is COCC(O)CCNC(=O)c1c(N)cccc1Cl. The molecule has 18 heavy (non-hydrogen) atoms. The second kappa shape index (κ2) is 7.20. The van der Waals surface area contributed by atoms with Crippen molar-refractivity contribution >= 4 is 23.2 Å². The molecule has 0 spiro atoms. The monoisotopic (exact) mass is 272 g/mol. The van der Waals surface area contributed by atoms with Gasteiger partial charge in [-0.15, -0.1) is 0 Å². The molecule has 0 saturated heterocycles. The van der Waals surface area contributed by atoms with Crippen LogP contribution in [0.5, 0.6) is 0 Å². The molecule has 0 saturated carbocycles. The number of methoxy groups -OCH3 is 1. The highest BCUT2D eigenvalue weighted by Gasteiger charge is 2.13. The maximum absolute atomic E-state index is 11.8. The number of amides is 1. The molecule has 0 fully saturated rings. The van der Waals surface area contributed by atoms with Gasteiger partial charge in [-0.3, -0.25) is 4.79 Å². The number of ether oxygens (including phenoxy) is 1. The molecule has 1 atom stereocenters. The molecule has 1 aromatic rings. The molecule has 0 aliphatic heterocycles. The molecule has 1 aromatic carbocycles. The zero-order valence-electron chi connectivity index (χ0n) is 10.1. The van der Waals surface area contributed by atoms with E-state index in [9.17, 15) is 9.90 Å². The Morgan fingerprint density at radius 2 is 2.33 bits per heavy atom. The lowest BCUT2D eigenvalue weighted by Gasteiger charge is -2.11. The largest absolute Gasteiger partial charge is 0.398 e. The van der Waals surface area contributed by atoms with E-state index in [0.29, 0.717) is 23.7 Å². The average Bonchev–Trinajstić information content (AvgIpc) is 2.29. The van der Waals surface area contributed by atoms with Crippen LogP contribution in [0.4, 0.5) is 5.69 Å². The maximum atomic E-state index is 11.8. The van der Waals surface area contributed by atoms with Crippen LogP contribution < -0.4 is 11.1 Å². The number of nitrogens with two attached hydrogens (primary N) is 1. The number of aliphatic hydroxyl groups is 1. The van der Waals surface area contributed by atoms with Crippen molar-refractivity contribution in [3.8, 4) is 0 Å². The highest BCUT2D eigenvalue weighted by Crippen LogP contribution is 2.21. The molecule has 0 aliphatic carbocycles. The van der Waals surface area contributed by atoms with Crippen LogP contribution in [0.2, 0.25) is 5.02 Å². The summed E-state index contributed by atoms with van der Waals surface area (Å²) in [5.41, 5.74) is 6.28. The third-order valence-electron chi connectivity index (χ3n) is 2.40. The van der Waals surface area contributed by atoms with Gasteiger partial charge in [-0.05, 0) is 18.6 Å². The van der Waals surface area contributed by atoms with Crippen molar-refractivity contribution in [2.24, 2.45) is 0 Å². The Morgan fingerprint density at radius 1 is 1.61 bits per heavy atom. The molecule has 0 bridgehead atoms. The second-order valence-electron chi connectivity index (χ2n) is 3.86. The number of anilines is 1. The van der Waals surface area contributed by atoms with Crippen LogP contribution in [0.15, 0.2) is 18.2 Å². The van der Waals surface area contributed by atoms with Gasteiger partial charge in [-0.25, -0.2) is 0 Å². The Balaban J connectivity index is 2.51. The van der Waals surface area contributed by atoms with Gasteiger partial charge in [0.2, 0.25) is 0 Å². The van der Waals surface area contributed by atoms with Gasteiger partial charge in [0, 0.05) is 19.3 Å². The second-order valence-corrected chi connectivity index (χ2v) is 4.27. The summed E-state index contributed by atoms with van der Waals surface area (Å²) in [6.07, 6.45) is -0.192. The number of rotatable bonds is 6. The Morgan fingerprint density at radius 3 is 2.94 bits per heavy atom. The highest BCUT2D eigenvalue weighted by atomic mass is 35.5. The van der Waals surface area contributed by atoms with Gasteiger partial charge in [0.1, 0.15) is 0 Å². The predicted molar refractivity (Wildman–Crippen MR) is 70.7 cm³/mol. The fourth-order valence-electron chi connectivity index (χ4n) is 1.50. The van der Waals surface area contributed by atoms with Crippen molar-refractivity contribution in [2.45, 2.75) is 12.5 Å². The fraction of sp³-hybridized carbons (Fsp3) is 0.417. The van der Waals surface area contributed by atoms with Crippen LogP contribution in [0, 0.1) is 0 Å². The van der Waals surface area contributed by atoms with E-state index in [2.05, 4.69) is 5.32 Å². The molecule has 1 rings (SSSR count). The zero-order chi connectivity index (χ0) is 13.5. The molecule has 1 unspecified atom stereocenters. The number of aliphatic hydroxyl groups excluding tert-OH is 1. The summed E-state index contributed by atoms with van der Waals surface area (Å²) in [6, 6.07) is 4.89. The summed E-state index contributed by atoms with van der Waals surface area (Å²) in [4.78, 5) is 11.8. The van der Waals surface area contributed by atoms with Gasteiger partial charge >= 0.3 is 0 Å². The smallest absolute Gasteiger partial charge is 0.254 e. The number of carbonyl (C=O) groups excluding carboxylic acids is 1. The molecule has 4 N–H and O–H groups in total. The maximum Gasteiger partial charge on any atom is 0.254 e. The average molecular weight is 273 g/mol. The molecule has 0 radical (unpaired) electrons. The fourth-order valence-corrected chi connectivity index (χ4v) is 1.76. The van der Waals surface area contributed by atoms with Gasteiger partial charge in [0.25, 0.3) is 5.91 Å². The minimum absolute atomic E-state index is 0.240. The van der Waals surface area contributed by atoms with Gasteiger partial charge in [-0.1, -0.05) is 17.7 Å². The van der Waals surface area contributed by atoms with E-state index >= 15 is 0 Å². The quantitative estimate of drug-likeness (QED) is 0.676. The Labute approximate surface area is 111 Å². The summed E-state index contributed by atoms with van der Waals surface area (Å²) in [6.45, 7) is 0.568. The van der Waals surface area contributed by atoms with Crippen molar-refractivity contribution in [1.82, 2.24) is 5.32 Å². The number of hydrogen-bond donors (Lipinski definition) is 3. The predicted octanol–water partition coefficient (Wildman–Crippen LogP) is 1.05. The van der Waals surface area contributed by atoms with Gasteiger partial charge in [0.05, 0.1) is 23.3 Å². The van der Waals surface area contributed by atoms with Crippen molar-refractivity contribution in [3.05, 3.63) is 28.8 Å². The van der Waals surface area contributed by atoms with Crippen molar-refractivity contribution in [3.63, 3.8) is 0 Å². The molecule has 100 valence electrons. The number of halogens is 1. The zero-order valence-corrected chi connectivity index (χ0v) is 10.9. The van der Waals surface area contributed by atoms with Crippen LogP contribution in [0.3, 0.4) is 0 Å². The number of carbonyl (C=O) groups is 1. The van der Waals surface area contributed by atoms with Crippen LogP contribution >= 0.6 is 11.6 Å². The summed E-state index contributed by atoms with van der Waals surface area (Å²) in [7, 11) is 1.51. The molecule has 0 heterocycles. The van der Waals surface area contributed by atoms with E-state index in [1.54, 1.807) is 18.2 Å². The summed E-state index contributed by atoms with van der Waals surface area (Å²) in [5.74, 6) is -0.345. The first-order valence-electron chi connectivity index (χ1n) is 5.55. The first kappa shape index (κ1) is 14.8. The third-order valence-corrected chi connectivity index (χ3v) is 2.71. The third kappa shape index (κ3) is 4.18. The molecule has 5 nitrogen and oxygen atoms in total. The van der Waals surface area contributed by atoms with Gasteiger partial charge in [0.15, 0.2) is 0 Å². The van der Waals surface area contributed by atoms with Crippen LogP contribution in [0.25, 0.3) is 0 Å². The number of nitrogens with one attached hydrogen (secondary N) is 1. The number of benzene rings is 1. The Bertz CT molecular complexity index is 392. The minimum Gasteiger partial charge on any atom is -0.398 e. The molecule has 0 aromatic heterocycles. The topological polar surface area (TPSA) is 84.6 Å². The van der Waals surface area contributed by atoms with E-state index in [0.717, 1.165) is 0 Å². The van der Waals surface area contributed by atoms with Crippen molar-refractivity contribution < 1.29 is 14.6 Å². The van der Waals surface area contributed by atoms with E-state index in [1.807, 2.05) is 0 Å². The lowest BCUT2D eigenvalue weighted by molar-refractivity contribution is 0.0588. The van der Waals surface area contributed by atoms with Crippen LogP contribution in [0.1, 0.15) is 16.8 Å². The van der Waals surface area contributed by atoms with Crippen molar-refractivity contribution in [2.75, 3.05) is 26.0 Å². The lowest BCUT2D eigenvalue weighted by atomic mass is 10.1. The molecule has 1 amide bonds. The van der Waals surface area contributed by atoms with E-state index < -0.39 is 6.10 Å². The lowest BCUT2D eigenvalue weighted by Crippen LogP contribution is -2.29. The molecular weight excluding hydrogens is 256 g/mol. The Hall–Kier alpha value is -1.30. The van der Waals surface area contributed by atoms with Crippen LogP contribution in [-0.2, 0) is 4.74 Å². The van der Waals surface area contributed by atoms with E-state index in [1.165, 1.54) is 7.11 Å². The highest BCUT2D eigenvalue weighted by molar-refractivity contribution is 6.34. The van der Waals surface area contributed by atoms with Gasteiger partial charge in [-0.2, -0.15) is 0 Å². The summed E-state index contributed by atoms with van der Waals surface area (Å²) in [5, 5.41) is 12.4. The first-order valence-corrected chi connectivity index (χ1v) is 5.93.